The van der Waals surface area contributed by atoms with Gasteiger partial charge in [0.05, 0.1) is 0 Å². The molecule has 0 rings (SSSR count). The molecule has 0 aliphatic carbocycles. The first-order chi connectivity index (χ1) is 2.00. The van der Waals surface area contributed by atoms with E-state index in [-0.39, 0.29) is 54.1 Å². The summed E-state index contributed by atoms with van der Waals surface area (Å²) in [6, 6.07) is 0. The molecule has 0 saturated carbocycles. The number of rotatable bonds is 0. The van der Waals surface area contributed by atoms with Gasteiger partial charge in [-0.2, -0.15) is 8.42 Å². The van der Waals surface area contributed by atoms with E-state index in [0.717, 1.165) is 0 Å². The van der Waals surface area contributed by atoms with E-state index >= 15 is 0 Å². The average molecular weight is 229 g/mol. The standard InChI is InChI=1S/Co.Cu.Li.H2O4S.H/c;;;1-5(2,3)4;/h;;;(H2,1,2,3,4);/q;;+1;;-1. The predicted molar refractivity (Wildman–Crippen MR) is 15.3 cm³/mol. The molecule has 0 atom stereocenters. The van der Waals surface area contributed by atoms with Gasteiger partial charge in [0.1, 0.15) is 0 Å². The first-order valence-electron chi connectivity index (χ1n) is 0.698. The molecular formula is H3CoCuLiO4S. The van der Waals surface area contributed by atoms with Crippen LogP contribution in [0.4, 0.5) is 0 Å². The van der Waals surface area contributed by atoms with Crippen LogP contribution in [0, 0.1) is 0 Å². The molecule has 0 unspecified atom stereocenters. The van der Waals surface area contributed by atoms with E-state index < -0.39 is 10.4 Å². The topological polar surface area (TPSA) is 74.6 Å². The Hall–Kier alpha value is 1.49. The van der Waals surface area contributed by atoms with Crippen LogP contribution < -0.4 is 18.9 Å². The van der Waals surface area contributed by atoms with Crippen LogP contribution in [-0.2, 0) is 44.2 Å². The van der Waals surface area contributed by atoms with Crippen LogP contribution in [0.5, 0.6) is 0 Å². The maximum atomic E-state index is 8.74. The van der Waals surface area contributed by atoms with Crippen molar-refractivity contribution in [2.45, 2.75) is 0 Å². The number of hydrogen-bond donors (Lipinski definition) is 2. The molecule has 54 valence electrons. The van der Waals surface area contributed by atoms with Crippen molar-refractivity contribution in [2.24, 2.45) is 0 Å². The van der Waals surface area contributed by atoms with Gasteiger partial charge in [-0.1, -0.05) is 0 Å². The summed E-state index contributed by atoms with van der Waals surface area (Å²) in [5.41, 5.74) is 0. The van der Waals surface area contributed by atoms with Crippen LogP contribution in [0.1, 0.15) is 1.43 Å². The summed E-state index contributed by atoms with van der Waals surface area (Å²) in [5.74, 6) is 0. The van der Waals surface area contributed by atoms with Crippen molar-refractivity contribution in [1.29, 1.82) is 0 Å². The van der Waals surface area contributed by atoms with Crippen LogP contribution in [0.3, 0.4) is 0 Å². The Bertz CT molecular complexity index is 104. The zero-order chi connectivity index (χ0) is 4.50. The van der Waals surface area contributed by atoms with Crippen LogP contribution in [0.2, 0.25) is 0 Å². The van der Waals surface area contributed by atoms with Gasteiger partial charge in [-0.15, -0.1) is 0 Å². The van der Waals surface area contributed by atoms with Crippen molar-refractivity contribution in [1.82, 2.24) is 0 Å². The Labute approximate surface area is 81.7 Å². The third-order valence-corrected chi connectivity index (χ3v) is 0. The minimum atomic E-state index is -4.67. The van der Waals surface area contributed by atoms with E-state index in [9.17, 15) is 0 Å². The molecule has 2 N–H and O–H groups in total. The fourth-order valence-corrected chi connectivity index (χ4v) is 0. The Morgan fingerprint density at radius 3 is 1.25 bits per heavy atom. The Morgan fingerprint density at radius 1 is 1.25 bits per heavy atom. The van der Waals surface area contributed by atoms with Gasteiger partial charge in [-0.3, -0.25) is 9.11 Å². The average Bonchev–Trinajstić information content (AvgIpc) is 0.722. The van der Waals surface area contributed by atoms with Crippen LogP contribution in [0.25, 0.3) is 0 Å². The van der Waals surface area contributed by atoms with E-state index in [4.69, 9.17) is 17.5 Å². The molecule has 4 nitrogen and oxygen atoms in total. The second-order valence-electron chi connectivity index (χ2n) is 0.448. The first kappa shape index (κ1) is 22.7. The summed E-state index contributed by atoms with van der Waals surface area (Å²) in [6.45, 7) is 0. The summed E-state index contributed by atoms with van der Waals surface area (Å²) in [6.07, 6.45) is 0. The van der Waals surface area contributed by atoms with Crippen molar-refractivity contribution in [3.05, 3.63) is 0 Å². The van der Waals surface area contributed by atoms with E-state index in [1.54, 1.807) is 0 Å². The third-order valence-electron chi connectivity index (χ3n) is 0. The molecule has 0 fully saturated rings. The van der Waals surface area contributed by atoms with Crippen LogP contribution in [-0.4, -0.2) is 17.5 Å². The summed E-state index contributed by atoms with van der Waals surface area (Å²) < 4.78 is 31.6. The van der Waals surface area contributed by atoms with Crippen molar-refractivity contribution in [3.8, 4) is 0 Å². The second kappa shape index (κ2) is 8.49. The van der Waals surface area contributed by atoms with Gasteiger partial charge in [0.25, 0.3) is 0 Å². The molecule has 2 radical (unpaired) electrons. The molecule has 0 spiro atoms. The normalized spacial score (nSPS) is 7.25. The quantitative estimate of drug-likeness (QED) is 0.333. The minimum absolute atomic E-state index is 0. The second-order valence-corrected chi connectivity index (χ2v) is 1.34. The zero-order valence-corrected chi connectivity index (χ0v) is 6.55. The molecule has 0 aromatic heterocycles. The fourth-order valence-electron chi connectivity index (χ4n) is 0. The monoisotopic (exact) mass is 228 g/mol. The predicted octanol–water partition coefficient (Wildman–Crippen LogP) is -3.54. The maximum Gasteiger partial charge on any atom is 1.00 e. The molecule has 0 bridgehead atoms. The van der Waals surface area contributed by atoms with Crippen molar-refractivity contribution >= 4 is 10.4 Å². The van der Waals surface area contributed by atoms with Crippen LogP contribution in [0.15, 0.2) is 0 Å². The smallest absolute Gasteiger partial charge is 1.00 e. The summed E-state index contributed by atoms with van der Waals surface area (Å²) in [5, 5.41) is 0. The Morgan fingerprint density at radius 2 is 1.25 bits per heavy atom. The van der Waals surface area contributed by atoms with Gasteiger partial charge < -0.3 is 1.43 Å². The van der Waals surface area contributed by atoms with Gasteiger partial charge in [0.15, 0.2) is 0 Å². The molecule has 0 aliphatic heterocycles. The van der Waals surface area contributed by atoms with Crippen LogP contribution >= 0.6 is 0 Å². The largest absolute Gasteiger partial charge is 1.00 e. The summed E-state index contributed by atoms with van der Waals surface area (Å²) in [7, 11) is -4.67. The molecule has 8 heteroatoms. The van der Waals surface area contributed by atoms with E-state index in [1.807, 2.05) is 0 Å². The van der Waals surface area contributed by atoms with Crippen molar-refractivity contribution in [3.63, 3.8) is 0 Å². The summed E-state index contributed by atoms with van der Waals surface area (Å²) >= 11 is 0. The maximum absolute atomic E-state index is 8.74. The molecular weight excluding hydrogens is 225 g/mol. The Kier molecular flexibility index (Phi) is 24.1. The van der Waals surface area contributed by atoms with E-state index in [1.165, 1.54) is 0 Å². The molecule has 8 heavy (non-hydrogen) atoms. The molecule has 0 aliphatic rings. The molecule has 0 aromatic rings. The molecule has 0 heterocycles. The van der Waals surface area contributed by atoms with Gasteiger partial charge in [-0.25, -0.2) is 0 Å². The zero-order valence-electron chi connectivity index (χ0n) is 4.75. The summed E-state index contributed by atoms with van der Waals surface area (Å²) in [4.78, 5) is 0. The molecule has 0 saturated heterocycles. The van der Waals surface area contributed by atoms with Gasteiger partial charge in [0.2, 0.25) is 0 Å². The Balaban J connectivity index is -0.0000000133. The minimum Gasteiger partial charge on any atom is -1.00 e. The van der Waals surface area contributed by atoms with Gasteiger partial charge >= 0.3 is 29.3 Å². The number of hydrogen-bond acceptors (Lipinski definition) is 2. The third kappa shape index (κ3) is 142. The van der Waals surface area contributed by atoms with Crippen molar-refractivity contribution < 1.29 is 71.7 Å². The van der Waals surface area contributed by atoms with Gasteiger partial charge in [0, 0.05) is 33.8 Å². The van der Waals surface area contributed by atoms with Gasteiger partial charge in [-0.05, 0) is 0 Å². The van der Waals surface area contributed by atoms with E-state index in [0.29, 0.717) is 0 Å². The fraction of sp³-hybridized carbons (Fsp3) is 0. The van der Waals surface area contributed by atoms with Crippen molar-refractivity contribution in [2.75, 3.05) is 0 Å². The van der Waals surface area contributed by atoms with E-state index in [2.05, 4.69) is 0 Å². The molecule has 0 aromatic carbocycles. The first-order valence-corrected chi connectivity index (χ1v) is 2.10. The molecule has 0 amide bonds. The SMILES string of the molecule is O=S(=O)(O)O.[Co].[Cu].[H-].[Li+].